The Morgan fingerprint density at radius 3 is 2.64 bits per heavy atom. The van der Waals surface area contributed by atoms with Crippen molar-refractivity contribution in [1.29, 1.82) is 0 Å². The van der Waals surface area contributed by atoms with Crippen molar-refractivity contribution in [3.63, 3.8) is 0 Å². The van der Waals surface area contributed by atoms with Crippen LogP contribution in [0.15, 0.2) is 53.1 Å². The molecule has 2 aromatic carbocycles. The fraction of sp³-hybridized carbons (Fsp3) is 0.211. The van der Waals surface area contributed by atoms with Crippen LogP contribution in [0.2, 0.25) is 0 Å². The molecule has 6 heteroatoms. The first-order chi connectivity index (χ1) is 12.2. The number of hydrogen-bond donors (Lipinski definition) is 1. The highest BCUT2D eigenvalue weighted by molar-refractivity contribution is 5.93. The molecule has 1 aliphatic rings. The van der Waals surface area contributed by atoms with E-state index in [9.17, 15) is 9.18 Å². The second kappa shape index (κ2) is 6.47. The van der Waals surface area contributed by atoms with Crippen LogP contribution >= 0.6 is 0 Å². The molecule has 1 aromatic heterocycles. The Kier molecular flexibility index (Phi) is 4.01. The molecule has 1 heterocycles. The summed E-state index contributed by atoms with van der Waals surface area (Å²) in [6.07, 6.45) is 3.03. The summed E-state index contributed by atoms with van der Waals surface area (Å²) < 4.78 is 18.3. The fourth-order valence-electron chi connectivity index (χ4n) is 2.70. The van der Waals surface area contributed by atoms with E-state index in [0.717, 1.165) is 24.8 Å². The number of aromatic nitrogens is 2. The molecule has 0 spiro atoms. The molecule has 0 aliphatic heterocycles. The summed E-state index contributed by atoms with van der Waals surface area (Å²) in [5, 5.41) is 6.91. The standard InChI is InChI=1S/C19H16FN3O2/c20-15-9-7-13(8-10-15)19-22-17(23-25-19)14-5-2-6-16(11-14)21-18(24)12-3-1-4-12/h2,5-12H,1,3-4H2,(H,21,24). The number of amides is 1. The predicted octanol–water partition coefficient (Wildman–Crippen LogP) is 4.28. The third kappa shape index (κ3) is 3.28. The van der Waals surface area contributed by atoms with Crippen molar-refractivity contribution in [1.82, 2.24) is 10.1 Å². The first kappa shape index (κ1) is 15.5. The molecular weight excluding hydrogens is 321 g/mol. The Morgan fingerprint density at radius 2 is 1.92 bits per heavy atom. The van der Waals surface area contributed by atoms with Crippen molar-refractivity contribution < 1.29 is 13.7 Å². The lowest BCUT2D eigenvalue weighted by Crippen LogP contribution is -2.27. The van der Waals surface area contributed by atoms with Gasteiger partial charge in [0.15, 0.2) is 0 Å². The van der Waals surface area contributed by atoms with Crippen molar-refractivity contribution in [2.45, 2.75) is 19.3 Å². The first-order valence-electron chi connectivity index (χ1n) is 8.20. The molecule has 1 aliphatic carbocycles. The van der Waals surface area contributed by atoms with E-state index in [2.05, 4.69) is 15.5 Å². The van der Waals surface area contributed by atoms with Crippen LogP contribution in [-0.4, -0.2) is 16.0 Å². The number of nitrogens with one attached hydrogen (secondary N) is 1. The van der Waals surface area contributed by atoms with Crippen LogP contribution in [0.1, 0.15) is 19.3 Å². The maximum Gasteiger partial charge on any atom is 0.258 e. The predicted molar refractivity (Wildman–Crippen MR) is 91.1 cm³/mol. The highest BCUT2D eigenvalue weighted by Crippen LogP contribution is 2.29. The molecule has 5 nitrogen and oxygen atoms in total. The highest BCUT2D eigenvalue weighted by Gasteiger charge is 2.25. The molecule has 126 valence electrons. The second-order valence-corrected chi connectivity index (χ2v) is 6.13. The van der Waals surface area contributed by atoms with Crippen LogP contribution in [0.3, 0.4) is 0 Å². The number of halogens is 1. The molecule has 25 heavy (non-hydrogen) atoms. The van der Waals surface area contributed by atoms with Gasteiger partial charge in [0.1, 0.15) is 5.82 Å². The summed E-state index contributed by atoms with van der Waals surface area (Å²) in [7, 11) is 0. The lowest BCUT2D eigenvalue weighted by Gasteiger charge is -2.24. The smallest absolute Gasteiger partial charge is 0.258 e. The van der Waals surface area contributed by atoms with Gasteiger partial charge in [0, 0.05) is 22.7 Å². The van der Waals surface area contributed by atoms with E-state index in [0.29, 0.717) is 23.0 Å². The van der Waals surface area contributed by atoms with Gasteiger partial charge < -0.3 is 9.84 Å². The van der Waals surface area contributed by atoms with Gasteiger partial charge in [-0.15, -0.1) is 0 Å². The normalized spacial score (nSPS) is 14.1. The van der Waals surface area contributed by atoms with E-state index >= 15 is 0 Å². The SMILES string of the molecule is O=C(Nc1cccc(-c2noc(-c3ccc(F)cc3)n2)c1)C1CCC1. The lowest BCUT2D eigenvalue weighted by molar-refractivity contribution is -0.122. The van der Waals surface area contributed by atoms with Gasteiger partial charge in [-0.2, -0.15) is 4.98 Å². The van der Waals surface area contributed by atoms with Gasteiger partial charge in [-0.25, -0.2) is 4.39 Å². The maximum absolute atomic E-state index is 13.0. The van der Waals surface area contributed by atoms with Crippen LogP contribution in [0.4, 0.5) is 10.1 Å². The van der Waals surface area contributed by atoms with Crippen LogP contribution < -0.4 is 5.32 Å². The Morgan fingerprint density at radius 1 is 1.12 bits per heavy atom. The van der Waals surface area contributed by atoms with Gasteiger partial charge in [0.25, 0.3) is 5.89 Å². The van der Waals surface area contributed by atoms with Gasteiger partial charge in [-0.3, -0.25) is 4.79 Å². The zero-order valence-corrected chi connectivity index (χ0v) is 13.4. The van der Waals surface area contributed by atoms with E-state index in [1.54, 1.807) is 12.1 Å². The van der Waals surface area contributed by atoms with E-state index in [-0.39, 0.29) is 17.6 Å². The Hall–Kier alpha value is -3.02. The maximum atomic E-state index is 13.0. The molecule has 0 saturated heterocycles. The molecule has 1 fully saturated rings. The Labute approximate surface area is 143 Å². The number of hydrogen-bond acceptors (Lipinski definition) is 4. The summed E-state index contributed by atoms with van der Waals surface area (Å²) in [6, 6.07) is 13.2. The van der Waals surface area contributed by atoms with Gasteiger partial charge in [-0.05, 0) is 49.2 Å². The topological polar surface area (TPSA) is 68.0 Å². The van der Waals surface area contributed by atoms with Crippen molar-refractivity contribution >= 4 is 11.6 Å². The lowest BCUT2D eigenvalue weighted by atomic mass is 9.85. The summed E-state index contributed by atoms with van der Waals surface area (Å²) in [5.41, 5.74) is 2.10. The van der Waals surface area contributed by atoms with Crippen molar-refractivity contribution in [2.75, 3.05) is 5.32 Å². The number of carbonyl (C=O) groups excluding carboxylic acids is 1. The number of benzene rings is 2. The molecular formula is C19H16FN3O2. The zero-order chi connectivity index (χ0) is 17.2. The van der Waals surface area contributed by atoms with E-state index < -0.39 is 0 Å². The molecule has 1 amide bonds. The minimum Gasteiger partial charge on any atom is -0.334 e. The summed E-state index contributed by atoms with van der Waals surface area (Å²) in [6.45, 7) is 0. The first-order valence-corrected chi connectivity index (χ1v) is 8.20. The highest BCUT2D eigenvalue weighted by atomic mass is 19.1. The van der Waals surface area contributed by atoms with E-state index in [1.807, 2.05) is 24.3 Å². The van der Waals surface area contributed by atoms with Crippen LogP contribution in [0.5, 0.6) is 0 Å². The quantitative estimate of drug-likeness (QED) is 0.771. The second-order valence-electron chi connectivity index (χ2n) is 6.13. The van der Waals surface area contributed by atoms with Gasteiger partial charge in [0.05, 0.1) is 0 Å². The summed E-state index contributed by atoms with van der Waals surface area (Å²) >= 11 is 0. The molecule has 1 saturated carbocycles. The Bertz CT molecular complexity index is 901. The van der Waals surface area contributed by atoms with Crippen LogP contribution in [-0.2, 0) is 4.79 Å². The summed E-state index contributed by atoms with van der Waals surface area (Å²) in [5.74, 6) is 0.596. The van der Waals surface area contributed by atoms with Gasteiger partial charge in [-0.1, -0.05) is 23.7 Å². The molecule has 0 bridgehead atoms. The largest absolute Gasteiger partial charge is 0.334 e. The van der Waals surface area contributed by atoms with Gasteiger partial charge >= 0.3 is 0 Å². The average Bonchev–Trinajstić information content (AvgIpc) is 3.04. The summed E-state index contributed by atoms with van der Waals surface area (Å²) in [4.78, 5) is 16.4. The van der Waals surface area contributed by atoms with Gasteiger partial charge in [0.2, 0.25) is 11.7 Å². The molecule has 4 rings (SSSR count). The zero-order valence-electron chi connectivity index (χ0n) is 13.4. The minimum absolute atomic E-state index is 0.0588. The van der Waals surface area contributed by atoms with Crippen molar-refractivity contribution in [3.8, 4) is 22.8 Å². The molecule has 0 atom stereocenters. The van der Waals surface area contributed by atoms with E-state index in [4.69, 9.17) is 4.52 Å². The van der Waals surface area contributed by atoms with Crippen molar-refractivity contribution in [2.24, 2.45) is 5.92 Å². The number of nitrogens with zero attached hydrogens (tertiary/aromatic N) is 2. The van der Waals surface area contributed by atoms with Crippen LogP contribution in [0, 0.1) is 11.7 Å². The third-order valence-corrected chi connectivity index (χ3v) is 4.38. The van der Waals surface area contributed by atoms with Crippen molar-refractivity contribution in [3.05, 3.63) is 54.3 Å². The molecule has 3 aromatic rings. The average molecular weight is 337 g/mol. The fourth-order valence-corrected chi connectivity index (χ4v) is 2.70. The van der Waals surface area contributed by atoms with E-state index in [1.165, 1.54) is 12.1 Å². The number of rotatable bonds is 4. The minimum atomic E-state index is -0.321. The molecule has 0 radical (unpaired) electrons. The number of carbonyl (C=O) groups is 1. The Balaban J connectivity index is 1.54. The third-order valence-electron chi connectivity index (χ3n) is 4.38. The molecule has 1 N–H and O–H groups in total. The molecule has 0 unspecified atom stereocenters. The number of anilines is 1. The van der Waals surface area contributed by atoms with Crippen LogP contribution in [0.25, 0.3) is 22.8 Å². The monoisotopic (exact) mass is 337 g/mol.